The summed E-state index contributed by atoms with van der Waals surface area (Å²) in [4.78, 5) is 28.6. The van der Waals surface area contributed by atoms with Crippen molar-refractivity contribution in [3.05, 3.63) is 0 Å². The van der Waals surface area contributed by atoms with Crippen LogP contribution in [0.1, 0.15) is 0 Å². The van der Waals surface area contributed by atoms with Crippen molar-refractivity contribution in [3.8, 4) is 0 Å². The van der Waals surface area contributed by atoms with Crippen LogP contribution in [0.15, 0.2) is 0 Å². The summed E-state index contributed by atoms with van der Waals surface area (Å²) in [5.41, 5.74) is 0. The SMILES string of the molecule is O=[PH](O)O.O=[PH](O)O.[BaH2]. The van der Waals surface area contributed by atoms with Gasteiger partial charge in [0.2, 0.25) is 0 Å². The molecule has 0 aromatic heterocycles. The molecule has 4 N–H and O–H groups in total. The second-order valence-electron chi connectivity index (χ2n) is 0.565. The Morgan fingerprint density at radius 3 is 0.778 bits per heavy atom. The summed E-state index contributed by atoms with van der Waals surface area (Å²) in [5.74, 6) is 0. The van der Waals surface area contributed by atoms with Crippen LogP contribution in [-0.2, 0) is 9.13 Å². The van der Waals surface area contributed by atoms with Gasteiger partial charge in [-0.05, 0) is 0 Å². The van der Waals surface area contributed by atoms with E-state index in [0.29, 0.717) is 0 Å². The molecule has 9 heteroatoms. The van der Waals surface area contributed by atoms with E-state index in [1.165, 1.54) is 0 Å². The van der Waals surface area contributed by atoms with Crippen molar-refractivity contribution in [1.29, 1.82) is 0 Å². The summed E-state index contributed by atoms with van der Waals surface area (Å²) in [5, 5.41) is 0. The Balaban J connectivity index is -0.0000000720. The van der Waals surface area contributed by atoms with Gasteiger partial charge in [0, 0.05) is 0 Å². The van der Waals surface area contributed by atoms with E-state index in [9.17, 15) is 0 Å². The first-order chi connectivity index (χ1) is 3.46. The Morgan fingerprint density at radius 1 is 0.778 bits per heavy atom. The fourth-order valence-corrected chi connectivity index (χ4v) is 0. The molecule has 0 heterocycles. The van der Waals surface area contributed by atoms with Gasteiger partial charge in [0.25, 0.3) is 0 Å². The topological polar surface area (TPSA) is 115 Å². The van der Waals surface area contributed by atoms with Crippen molar-refractivity contribution in [2.75, 3.05) is 0 Å². The predicted octanol–water partition coefficient (Wildman–Crippen LogP) is -2.19. The zero-order chi connectivity index (χ0) is 7.15. The van der Waals surface area contributed by atoms with Crippen molar-refractivity contribution < 1.29 is 28.7 Å². The van der Waals surface area contributed by atoms with Crippen molar-refractivity contribution >= 4 is 65.4 Å². The van der Waals surface area contributed by atoms with Gasteiger partial charge in [-0.25, -0.2) is 0 Å². The molecule has 0 atom stereocenters. The normalized spacial score (nSPS) is 7.78. The van der Waals surface area contributed by atoms with Crippen LogP contribution in [0.5, 0.6) is 0 Å². The molecule has 0 rings (SSSR count). The molecular formula is H8BaO6P2. The monoisotopic (exact) mass is 304 g/mol. The molecule has 0 bridgehead atoms. The van der Waals surface area contributed by atoms with Crippen molar-refractivity contribution in [2.24, 2.45) is 0 Å². The fraction of sp³-hybridized carbons (Fsp3) is 0. The Hall–Kier alpha value is 1.87. The average molecular weight is 303 g/mol. The summed E-state index contributed by atoms with van der Waals surface area (Å²) in [6, 6.07) is 0. The quantitative estimate of drug-likeness (QED) is 0.298. The van der Waals surface area contributed by atoms with Crippen LogP contribution in [0, 0.1) is 0 Å². The Morgan fingerprint density at radius 2 is 0.778 bits per heavy atom. The fourth-order valence-electron chi connectivity index (χ4n) is 0. The predicted molar refractivity (Wildman–Crippen MR) is 35.4 cm³/mol. The molecule has 0 unspecified atom stereocenters. The summed E-state index contributed by atoms with van der Waals surface area (Å²) in [6.45, 7) is 0. The molecule has 9 heavy (non-hydrogen) atoms. The van der Waals surface area contributed by atoms with Gasteiger partial charge in [0.05, 0.1) is 0 Å². The van der Waals surface area contributed by atoms with Crippen LogP contribution in [-0.4, -0.2) is 68.5 Å². The van der Waals surface area contributed by atoms with Gasteiger partial charge in [-0.2, -0.15) is 0 Å². The van der Waals surface area contributed by atoms with Gasteiger partial charge in [-0.3, -0.25) is 9.13 Å². The Bertz CT molecular complexity index is 69.1. The van der Waals surface area contributed by atoms with Gasteiger partial charge in [0.1, 0.15) is 0 Å². The summed E-state index contributed by atoms with van der Waals surface area (Å²) in [7, 11) is -6.26. The maximum absolute atomic E-state index is 8.74. The third-order valence-corrected chi connectivity index (χ3v) is 0. The first kappa shape index (κ1) is 17.1. The van der Waals surface area contributed by atoms with Gasteiger partial charge >= 0.3 is 65.4 Å². The number of hydrogen-bond donors (Lipinski definition) is 4. The van der Waals surface area contributed by atoms with E-state index in [-0.39, 0.29) is 48.9 Å². The Labute approximate surface area is 92.9 Å². The molecule has 0 aromatic rings. The molecule has 0 saturated heterocycles. The van der Waals surface area contributed by atoms with E-state index < -0.39 is 16.5 Å². The molecule has 0 aliphatic rings. The molecule has 0 amide bonds. The Kier molecular flexibility index (Phi) is 23.8. The zero-order valence-corrected chi connectivity index (χ0v) is 5.61. The molecule has 0 fully saturated rings. The van der Waals surface area contributed by atoms with E-state index in [4.69, 9.17) is 28.7 Å². The van der Waals surface area contributed by atoms with Crippen LogP contribution in [0.3, 0.4) is 0 Å². The summed E-state index contributed by atoms with van der Waals surface area (Å²) >= 11 is 0. The molecule has 0 aromatic carbocycles. The molecule has 0 radical (unpaired) electrons. The molecule has 0 aliphatic heterocycles. The first-order valence-electron chi connectivity index (χ1n) is 1.30. The van der Waals surface area contributed by atoms with E-state index in [1.807, 2.05) is 0 Å². The van der Waals surface area contributed by atoms with Crippen LogP contribution in [0.25, 0.3) is 0 Å². The van der Waals surface area contributed by atoms with Gasteiger partial charge in [-0.15, -0.1) is 0 Å². The second-order valence-corrected chi connectivity index (χ2v) is 1.70. The molecule has 0 aliphatic carbocycles. The van der Waals surface area contributed by atoms with Crippen molar-refractivity contribution in [2.45, 2.75) is 0 Å². The van der Waals surface area contributed by atoms with E-state index >= 15 is 0 Å². The second kappa shape index (κ2) is 12.5. The van der Waals surface area contributed by atoms with E-state index in [2.05, 4.69) is 0 Å². The van der Waals surface area contributed by atoms with E-state index in [1.54, 1.807) is 0 Å². The van der Waals surface area contributed by atoms with Gasteiger partial charge in [-0.1, -0.05) is 0 Å². The summed E-state index contributed by atoms with van der Waals surface area (Å²) < 4.78 is 17.5. The third kappa shape index (κ3) is 175. The van der Waals surface area contributed by atoms with Crippen LogP contribution in [0.2, 0.25) is 0 Å². The molecule has 56 valence electrons. The molecular weight excluding hydrogens is 295 g/mol. The minimum atomic E-state index is -3.13. The van der Waals surface area contributed by atoms with Crippen LogP contribution < -0.4 is 0 Å². The van der Waals surface area contributed by atoms with Gasteiger partial charge in [0.15, 0.2) is 0 Å². The zero-order valence-electron chi connectivity index (χ0n) is 3.61. The van der Waals surface area contributed by atoms with Crippen LogP contribution >= 0.6 is 16.5 Å². The average Bonchev–Trinajstić information content (AvgIpc) is 1.25. The van der Waals surface area contributed by atoms with Crippen molar-refractivity contribution in [1.82, 2.24) is 0 Å². The molecule has 6 nitrogen and oxygen atoms in total. The summed E-state index contributed by atoms with van der Waals surface area (Å²) in [6.07, 6.45) is 0. The van der Waals surface area contributed by atoms with Gasteiger partial charge < -0.3 is 19.6 Å². The number of hydrogen-bond acceptors (Lipinski definition) is 2. The third-order valence-electron chi connectivity index (χ3n) is 0. The maximum atomic E-state index is 8.74. The minimum absolute atomic E-state index is 0. The van der Waals surface area contributed by atoms with E-state index in [0.717, 1.165) is 0 Å². The van der Waals surface area contributed by atoms with Crippen LogP contribution in [0.4, 0.5) is 0 Å². The van der Waals surface area contributed by atoms with Crippen molar-refractivity contribution in [3.63, 3.8) is 0 Å². The molecule has 0 saturated carbocycles. The molecule has 0 spiro atoms. The number of rotatable bonds is 0. The first-order valence-corrected chi connectivity index (χ1v) is 3.91. The standard InChI is InChI=1S/Ba.2H3O3P.2H/c;2*1-4(2)3;;/h;2*4H,(H2,1,2,3);;.